The molecule has 0 aliphatic rings. The third kappa shape index (κ3) is 3.16. The molecule has 1 aromatic carbocycles. The van der Waals surface area contributed by atoms with Gasteiger partial charge in [-0.2, -0.15) is 0 Å². The van der Waals surface area contributed by atoms with Gasteiger partial charge in [-0.1, -0.05) is 0 Å². The Morgan fingerprint density at radius 1 is 1.44 bits per heavy atom. The first-order valence-electron chi connectivity index (χ1n) is 5.30. The lowest BCUT2D eigenvalue weighted by Crippen LogP contribution is -2.20. The number of hydrogen-bond acceptors (Lipinski definition) is 6. The fraction of sp³-hybridized carbons (Fsp3) is 0.455. The Morgan fingerprint density at radius 3 is 2.61 bits per heavy atom. The van der Waals surface area contributed by atoms with Crippen molar-refractivity contribution >= 4 is 5.69 Å². The standard InChI is InChI=1S/C11H15NO6/c1-18-7-2-3-9(12(16)17)8(6-7)11(15)10(14)4-5-13/h2-3,6,10-11,13-15H,4-5H2,1H3. The number of methoxy groups -OCH3 is 1. The number of rotatable bonds is 6. The predicted octanol–water partition coefficient (Wildman–Crippen LogP) is 0.380. The van der Waals surface area contributed by atoms with Crippen LogP contribution in [-0.2, 0) is 0 Å². The summed E-state index contributed by atoms with van der Waals surface area (Å²) in [5.41, 5.74) is -0.347. The van der Waals surface area contributed by atoms with Crippen LogP contribution >= 0.6 is 0 Å². The van der Waals surface area contributed by atoms with Crippen molar-refractivity contribution in [3.63, 3.8) is 0 Å². The lowest BCUT2D eigenvalue weighted by molar-refractivity contribution is -0.386. The molecule has 0 spiro atoms. The molecule has 0 saturated heterocycles. The summed E-state index contributed by atoms with van der Waals surface area (Å²) >= 11 is 0. The molecule has 0 saturated carbocycles. The molecule has 0 aliphatic heterocycles. The Labute approximate surface area is 103 Å². The van der Waals surface area contributed by atoms with E-state index >= 15 is 0 Å². The average molecular weight is 257 g/mol. The van der Waals surface area contributed by atoms with Gasteiger partial charge in [0, 0.05) is 12.7 Å². The largest absolute Gasteiger partial charge is 0.497 e. The van der Waals surface area contributed by atoms with Crippen molar-refractivity contribution in [3.05, 3.63) is 33.9 Å². The van der Waals surface area contributed by atoms with E-state index in [1.807, 2.05) is 0 Å². The summed E-state index contributed by atoms with van der Waals surface area (Å²) in [4.78, 5) is 10.2. The van der Waals surface area contributed by atoms with Crippen LogP contribution in [0.1, 0.15) is 18.1 Å². The van der Waals surface area contributed by atoms with Crippen molar-refractivity contribution < 1.29 is 25.0 Å². The van der Waals surface area contributed by atoms with Gasteiger partial charge in [-0.05, 0) is 18.6 Å². The molecular formula is C11H15NO6. The number of nitro benzene ring substituents is 1. The highest BCUT2D eigenvalue weighted by Crippen LogP contribution is 2.31. The van der Waals surface area contributed by atoms with E-state index in [4.69, 9.17) is 9.84 Å². The molecule has 0 heterocycles. The number of benzene rings is 1. The molecule has 0 bridgehead atoms. The van der Waals surface area contributed by atoms with Crippen LogP contribution in [0.5, 0.6) is 5.75 Å². The van der Waals surface area contributed by atoms with Crippen molar-refractivity contribution in [3.8, 4) is 5.75 Å². The van der Waals surface area contributed by atoms with E-state index in [1.165, 1.54) is 25.3 Å². The minimum Gasteiger partial charge on any atom is -0.497 e. The molecule has 0 fully saturated rings. The predicted molar refractivity (Wildman–Crippen MR) is 62.3 cm³/mol. The second kappa shape index (κ2) is 6.29. The zero-order chi connectivity index (χ0) is 13.7. The lowest BCUT2D eigenvalue weighted by Gasteiger charge is -2.17. The van der Waals surface area contributed by atoms with Crippen LogP contribution in [-0.4, -0.2) is 40.1 Å². The van der Waals surface area contributed by atoms with Crippen molar-refractivity contribution in [1.29, 1.82) is 0 Å². The zero-order valence-corrected chi connectivity index (χ0v) is 9.81. The fourth-order valence-corrected chi connectivity index (χ4v) is 1.56. The van der Waals surface area contributed by atoms with Crippen molar-refractivity contribution in [2.24, 2.45) is 0 Å². The maximum atomic E-state index is 10.8. The summed E-state index contributed by atoms with van der Waals surface area (Å²) in [7, 11) is 1.39. The van der Waals surface area contributed by atoms with Crippen molar-refractivity contribution in [2.45, 2.75) is 18.6 Å². The smallest absolute Gasteiger partial charge is 0.275 e. The van der Waals surface area contributed by atoms with Crippen LogP contribution in [0.3, 0.4) is 0 Å². The quantitative estimate of drug-likeness (QED) is 0.501. The fourth-order valence-electron chi connectivity index (χ4n) is 1.56. The summed E-state index contributed by atoms with van der Waals surface area (Å²) in [5.74, 6) is 0.339. The van der Waals surface area contributed by atoms with Gasteiger partial charge in [0.25, 0.3) is 5.69 Å². The number of aliphatic hydroxyl groups excluding tert-OH is 3. The monoisotopic (exact) mass is 257 g/mol. The van der Waals surface area contributed by atoms with E-state index in [9.17, 15) is 20.3 Å². The van der Waals surface area contributed by atoms with Crippen LogP contribution < -0.4 is 4.74 Å². The van der Waals surface area contributed by atoms with Gasteiger partial charge in [-0.3, -0.25) is 10.1 Å². The van der Waals surface area contributed by atoms with Gasteiger partial charge in [-0.15, -0.1) is 0 Å². The summed E-state index contributed by atoms with van der Waals surface area (Å²) in [5, 5.41) is 38.9. The molecule has 7 nitrogen and oxygen atoms in total. The van der Waals surface area contributed by atoms with E-state index < -0.39 is 17.1 Å². The molecule has 100 valence electrons. The molecule has 1 rings (SSSR count). The molecule has 0 amide bonds. The minimum atomic E-state index is -1.45. The number of ether oxygens (including phenoxy) is 1. The van der Waals surface area contributed by atoms with E-state index in [0.29, 0.717) is 5.75 Å². The molecule has 2 atom stereocenters. The summed E-state index contributed by atoms with van der Waals surface area (Å²) in [6.45, 7) is -0.323. The van der Waals surface area contributed by atoms with Crippen LogP contribution in [0.15, 0.2) is 18.2 Å². The van der Waals surface area contributed by atoms with Gasteiger partial charge in [0.15, 0.2) is 0 Å². The zero-order valence-electron chi connectivity index (χ0n) is 9.81. The first-order valence-corrected chi connectivity index (χ1v) is 5.30. The third-order valence-corrected chi connectivity index (χ3v) is 2.54. The van der Waals surface area contributed by atoms with Crippen molar-refractivity contribution in [2.75, 3.05) is 13.7 Å². The Bertz CT molecular complexity index is 422. The molecular weight excluding hydrogens is 242 g/mol. The SMILES string of the molecule is COc1ccc([N+](=O)[O-])c(C(O)C(O)CCO)c1. The Balaban J connectivity index is 3.14. The van der Waals surface area contributed by atoms with Crippen LogP contribution in [0, 0.1) is 10.1 Å². The maximum absolute atomic E-state index is 10.8. The molecule has 1 aromatic rings. The number of aliphatic hydroxyl groups is 3. The number of hydrogen-bond donors (Lipinski definition) is 3. The minimum absolute atomic E-state index is 0.0414. The van der Waals surface area contributed by atoms with Crippen LogP contribution in [0.2, 0.25) is 0 Å². The van der Waals surface area contributed by atoms with Gasteiger partial charge in [0.2, 0.25) is 0 Å². The van der Waals surface area contributed by atoms with Crippen LogP contribution in [0.25, 0.3) is 0 Å². The maximum Gasteiger partial charge on any atom is 0.275 e. The topological polar surface area (TPSA) is 113 Å². The van der Waals surface area contributed by atoms with Gasteiger partial charge in [-0.25, -0.2) is 0 Å². The lowest BCUT2D eigenvalue weighted by atomic mass is 10.0. The van der Waals surface area contributed by atoms with E-state index in [1.54, 1.807) is 0 Å². The van der Waals surface area contributed by atoms with E-state index in [2.05, 4.69) is 0 Å². The van der Waals surface area contributed by atoms with E-state index in [-0.39, 0.29) is 24.3 Å². The van der Waals surface area contributed by atoms with Gasteiger partial charge >= 0.3 is 0 Å². The Hall–Kier alpha value is -1.70. The Morgan fingerprint density at radius 2 is 2.11 bits per heavy atom. The summed E-state index contributed by atoms with van der Waals surface area (Å²) < 4.78 is 4.91. The molecule has 3 N–H and O–H groups in total. The molecule has 0 aliphatic carbocycles. The third-order valence-electron chi connectivity index (χ3n) is 2.54. The normalized spacial score (nSPS) is 14.0. The molecule has 0 radical (unpaired) electrons. The summed E-state index contributed by atoms with van der Waals surface area (Å²) in [6.07, 6.45) is -2.80. The molecule has 2 unspecified atom stereocenters. The van der Waals surface area contributed by atoms with Gasteiger partial charge < -0.3 is 20.1 Å². The molecule has 0 aromatic heterocycles. The van der Waals surface area contributed by atoms with Gasteiger partial charge in [0.05, 0.1) is 23.7 Å². The highest BCUT2D eigenvalue weighted by Gasteiger charge is 2.26. The second-order valence-electron chi connectivity index (χ2n) is 3.71. The first kappa shape index (κ1) is 14.4. The van der Waals surface area contributed by atoms with Gasteiger partial charge in [0.1, 0.15) is 11.9 Å². The highest BCUT2D eigenvalue weighted by atomic mass is 16.6. The number of nitro groups is 1. The highest BCUT2D eigenvalue weighted by molar-refractivity contribution is 5.46. The molecule has 18 heavy (non-hydrogen) atoms. The van der Waals surface area contributed by atoms with E-state index in [0.717, 1.165) is 0 Å². The van der Waals surface area contributed by atoms with Crippen LogP contribution in [0.4, 0.5) is 5.69 Å². The average Bonchev–Trinajstić information content (AvgIpc) is 2.37. The number of nitrogens with zero attached hydrogens (tertiary/aromatic N) is 1. The second-order valence-corrected chi connectivity index (χ2v) is 3.71. The van der Waals surface area contributed by atoms with Crippen molar-refractivity contribution in [1.82, 2.24) is 0 Å². The Kier molecular flexibility index (Phi) is 5.02. The summed E-state index contributed by atoms with van der Waals surface area (Å²) in [6, 6.07) is 3.89. The first-order chi connectivity index (χ1) is 8.51. The molecule has 7 heteroatoms.